The van der Waals surface area contributed by atoms with Crippen molar-refractivity contribution < 1.29 is 9.53 Å². The van der Waals surface area contributed by atoms with Gasteiger partial charge in [-0.25, -0.2) is 4.98 Å². The van der Waals surface area contributed by atoms with Gasteiger partial charge in [0.15, 0.2) is 0 Å². The third kappa shape index (κ3) is 3.74. The standard InChI is InChI=1S/C27H28N4O2/c1-2-33-25-15-20(27(32)30-24-16-31-11-9-17(24)10-12-31)7-8-21(25)26-28-22-13-18-5-3-4-6-19(18)14-23(22)29-26/h3-8,13-15,17,24H,2,9-12,16H2,1H3,(H,28,29)(H,30,32). The van der Waals surface area contributed by atoms with E-state index in [0.717, 1.165) is 47.4 Å². The molecular weight excluding hydrogens is 412 g/mol. The van der Waals surface area contributed by atoms with E-state index in [2.05, 4.69) is 39.5 Å². The number of amides is 1. The molecule has 0 saturated carbocycles. The van der Waals surface area contributed by atoms with E-state index in [0.29, 0.717) is 23.8 Å². The van der Waals surface area contributed by atoms with Gasteiger partial charge in [-0.15, -0.1) is 0 Å². The van der Waals surface area contributed by atoms with Crippen molar-refractivity contribution in [2.75, 3.05) is 26.2 Å². The lowest BCUT2D eigenvalue weighted by atomic mass is 9.84. The SMILES string of the molecule is CCOc1cc(C(=O)NC2CN3CCC2CC3)ccc1-c1nc2cc3ccccc3cc2[nH]1. The number of fused-ring (bicyclic) bond motifs is 5. The van der Waals surface area contributed by atoms with Crippen LogP contribution in [-0.4, -0.2) is 53.1 Å². The number of rotatable bonds is 5. The summed E-state index contributed by atoms with van der Waals surface area (Å²) in [4.78, 5) is 23.8. The van der Waals surface area contributed by atoms with Crippen LogP contribution < -0.4 is 10.1 Å². The van der Waals surface area contributed by atoms with Gasteiger partial charge in [0.25, 0.3) is 5.91 Å². The van der Waals surface area contributed by atoms with Crippen molar-refractivity contribution in [3.63, 3.8) is 0 Å². The molecule has 4 aromatic rings. The molecule has 3 aromatic carbocycles. The van der Waals surface area contributed by atoms with Gasteiger partial charge in [0.2, 0.25) is 0 Å². The van der Waals surface area contributed by atoms with E-state index in [-0.39, 0.29) is 11.9 Å². The Balaban J connectivity index is 1.31. The molecule has 1 unspecified atom stereocenters. The first-order valence-corrected chi connectivity index (χ1v) is 11.9. The van der Waals surface area contributed by atoms with Gasteiger partial charge in [-0.2, -0.15) is 0 Å². The maximum Gasteiger partial charge on any atom is 0.251 e. The summed E-state index contributed by atoms with van der Waals surface area (Å²) in [5, 5.41) is 5.61. The van der Waals surface area contributed by atoms with Crippen LogP contribution in [0.2, 0.25) is 0 Å². The fourth-order valence-electron chi connectivity index (χ4n) is 5.34. The van der Waals surface area contributed by atoms with E-state index in [1.165, 1.54) is 18.2 Å². The van der Waals surface area contributed by atoms with E-state index >= 15 is 0 Å². The minimum atomic E-state index is -0.0305. The zero-order chi connectivity index (χ0) is 22.4. The zero-order valence-electron chi connectivity index (χ0n) is 18.8. The number of carbonyl (C=O) groups excluding carboxylic acids is 1. The Kier molecular flexibility index (Phi) is 5.03. The van der Waals surface area contributed by atoms with E-state index in [1.807, 2.05) is 37.3 Å². The van der Waals surface area contributed by atoms with Crippen LogP contribution in [0.1, 0.15) is 30.1 Å². The predicted octanol–water partition coefficient (Wildman–Crippen LogP) is 4.61. The van der Waals surface area contributed by atoms with Crippen LogP contribution in [0.5, 0.6) is 5.75 Å². The molecule has 3 aliphatic heterocycles. The first kappa shape index (κ1) is 20.2. The fourth-order valence-corrected chi connectivity index (χ4v) is 5.34. The summed E-state index contributed by atoms with van der Waals surface area (Å²) in [5.41, 5.74) is 3.38. The Labute approximate surface area is 193 Å². The van der Waals surface area contributed by atoms with Crippen molar-refractivity contribution in [2.45, 2.75) is 25.8 Å². The molecule has 1 amide bonds. The molecule has 2 N–H and O–H groups in total. The number of ether oxygens (including phenoxy) is 1. The summed E-state index contributed by atoms with van der Waals surface area (Å²) in [6.45, 7) is 5.75. The first-order chi connectivity index (χ1) is 16.2. The van der Waals surface area contributed by atoms with Crippen LogP contribution in [0.3, 0.4) is 0 Å². The minimum absolute atomic E-state index is 0.0305. The van der Waals surface area contributed by atoms with Gasteiger partial charge in [-0.1, -0.05) is 24.3 Å². The van der Waals surface area contributed by atoms with Gasteiger partial charge in [-0.3, -0.25) is 4.79 Å². The third-order valence-electron chi connectivity index (χ3n) is 7.12. The number of imidazole rings is 1. The zero-order valence-corrected chi connectivity index (χ0v) is 18.8. The smallest absolute Gasteiger partial charge is 0.251 e. The quantitative estimate of drug-likeness (QED) is 0.476. The molecule has 0 radical (unpaired) electrons. The Morgan fingerprint density at radius 2 is 1.91 bits per heavy atom. The van der Waals surface area contributed by atoms with E-state index < -0.39 is 0 Å². The largest absolute Gasteiger partial charge is 0.493 e. The monoisotopic (exact) mass is 440 g/mol. The second-order valence-electron chi connectivity index (χ2n) is 9.16. The average molecular weight is 441 g/mol. The summed E-state index contributed by atoms with van der Waals surface area (Å²) in [6.07, 6.45) is 2.35. The molecule has 1 atom stereocenters. The number of nitrogens with one attached hydrogen (secondary N) is 2. The molecule has 7 rings (SSSR count). The molecule has 0 spiro atoms. The van der Waals surface area contributed by atoms with Gasteiger partial charge >= 0.3 is 0 Å². The summed E-state index contributed by atoms with van der Waals surface area (Å²) in [7, 11) is 0. The van der Waals surface area contributed by atoms with Crippen LogP contribution in [-0.2, 0) is 0 Å². The molecule has 0 aliphatic carbocycles. The lowest BCUT2D eigenvalue weighted by molar-refractivity contribution is 0.0620. The van der Waals surface area contributed by atoms with E-state index in [9.17, 15) is 4.79 Å². The molecule has 4 heterocycles. The molecule has 2 bridgehead atoms. The molecule has 168 valence electrons. The van der Waals surface area contributed by atoms with Crippen molar-refractivity contribution in [1.82, 2.24) is 20.2 Å². The number of piperidine rings is 3. The Morgan fingerprint density at radius 1 is 1.12 bits per heavy atom. The van der Waals surface area contributed by atoms with Gasteiger partial charge in [0.05, 0.1) is 23.2 Å². The molecule has 6 nitrogen and oxygen atoms in total. The topological polar surface area (TPSA) is 70.2 Å². The Morgan fingerprint density at radius 3 is 2.64 bits per heavy atom. The summed E-state index contributed by atoms with van der Waals surface area (Å²) in [5.74, 6) is 1.98. The predicted molar refractivity (Wildman–Crippen MR) is 131 cm³/mol. The minimum Gasteiger partial charge on any atom is -0.493 e. The van der Waals surface area contributed by atoms with Crippen LogP contribution in [0.15, 0.2) is 54.6 Å². The van der Waals surface area contributed by atoms with E-state index in [1.54, 1.807) is 0 Å². The maximum absolute atomic E-state index is 13.1. The van der Waals surface area contributed by atoms with Crippen LogP contribution in [0.25, 0.3) is 33.2 Å². The fraction of sp³-hybridized carbons (Fsp3) is 0.333. The number of H-pyrrole nitrogens is 1. The first-order valence-electron chi connectivity index (χ1n) is 11.9. The number of nitrogens with zero attached hydrogens (tertiary/aromatic N) is 2. The Bertz CT molecular complexity index is 1280. The van der Waals surface area contributed by atoms with Gasteiger partial charge < -0.3 is 19.9 Å². The third-order valence-corrected chi connectivity index (χ3v) is 7.12. The summed E-state index contributed by atoms with van der Waals surface area (Å²) < 4.78 is 5.95. The highest BCUT2D eigenvalue weighted by Gasteiger charge is 2.35. The highest BCUT2D eigenvalue weighted by molar-refractivity contribution is 5.97. The summed E-state index contributed by atoms with van der Waals surface area (Å²) in [6, 6.07) is 18.4. The average Bonchev–Trinajstić information content (AvgIpc) is 3.26. The van der Waals surface area contributed by atoms with Crippen molar-refractivity contribution in [1.29, 1.82) is 0 Å². The van der Waals surface area contributed by atoms with E-state index in [4.69, 9.17) is 9.72 Å². The number of hydrogen-bond donors (Lipinski definition) is 2. The molecule has 6 heteroatoms. The highest BCUT2D eigenvalue weighted by Crippen LogP contribution is 2.33. The number of aromatic amines is 1. The van der Waals surface area contributed by atoms with Crippen LogP contribution in [0.4, 0.5) is 0 Å². The maximum atomic E-state index is 13.1. The summed E-state index contributed by atoms with van der Waals surface area (Å²) >= 11 is 0. The van der Waals surface area contributed by atoms with Gasteiger partial charge in [0, 0.05) is 18.2 Å². The normalized spacial score (nSPS) is 22.0. The van der Waals surface area contributed by atoms with Crippen LogP contribution >= 0.6 is 0 Å². The number of aromatic nitrogens is 2. The molecule has 3 fully saturated rings. The molecule has 1 aromatic heterocycles. The molecule has 33 heavy (non-hydrogen) atoms. The van der Waals surface area contributed by atoms with Crippen LogP contribution in [0, 0.1) is 5.92 Å². The van der Waals surface area contributed by atoms with Crippen molar-refractivity contribution in [3.05, 3.63) is 60.2 Å². The molecular formula is C27H28N4O2. The lowest BCUT2D eigenvalue weighted by Crippen LogP contribution is -2.57. The highest BCUT2D eigenvalue weighted by atomic mass is 16.5. The second kappa shape index (κ2) is 8.19. The van der Waals surface area contributed by atoms with Crippen molar-refractivity contribution >= 4 is 27.7 Å². The van der Waals surface area contributed by atoms with Gasteiger partial charge in [-0.05, 0) is 79.9 Å². The second-order valence-corrected chi connectivity index (χ2v) is 9.16. The van der Waals surface area contributed by atoms with Crippen molar-refractivity contribution in [3.8, 4) is 17.1 Å². The van der Waals surface area contributed by atoms with Gasteiger partial charge in [0.1, 0.15) is 11.6 Å². The number of benzene rings is 3. The lowest BCUT2D eigenvalue weighted by Gasteiger charge is -2.44. The van der Waals surface area contributed by atoms with Crippen molar-refractivity contribution in [2.24, 2.45) is 5.92 Å². The number of hydrogen-bond acceptors (Lipinski definition) is 4. The molecule has 3 saturated heterocycles. The number of carbonyl (C=O) groups is 1. The Hall–Kier alpha value is -3.38. The molecule has 3 aliphatic rings.